The molecule has 0 bridgehead atoms. The highest BCUT2D eigenvalue weighted by atomic mass is 19.1. The Bertz CT molecular complexity index is 356. The molecule has 3 unspecified atom stereocenters. The first-order chi connectivity index (χ1) is 7.66. The second kappa shape index (κ2) is 4.91. The first-order valence-corrected chi connectivity index (χ1v) is 5.95. The molecule has 1 heterocycles. The Labute approximate surface area is 95.5 Å². The summed E-state index contributed by atoms with van der Waals surface area (Å²) in [5, 5.41) is 10.2. The molecule has 3 atom stereocenters. The fraction of sp³-hybridized carbons (Fsp3) is 0.615. The Morgan fingerprint density at radius 1 is 1.44 bits per heavy atom. The van der Waals surface area contributed by atoms with Gasteiger partial charge < -0.3 is 5.11 Å². The predicted molar refractivity (Wildman–Crippen MR) is 60.3 cm³/mol. The van der Waals surface area contributed by atoms with Crippen molar-refractivity contribution in [2.75, 3.05) is 0 Å². The molecule has 0 spiro atoms. The molecule has 1 saturated carbocycles. The van der Waals surface area contributed by atoms with Gasteiger partial charge in [0.2, 0.25) is 0 Å². The molecule has 1 fully saturated rings. The topological polar surface area (TPSA) is 33.1 Å². The summed E-state index contributed by atoms with van der Waals surface area (Å²) in [7, 11) is 0. The molecule has 0 radical (unpaired) electrons. The summed E-state index contributed by atoms with van der Waals surface area (Å²) in [4.78, 5) is 3.78. The van der Waals surface area contributed by atoms with Gasteiger partial charge in [0.05, 0.1) is 12.3 Å². The van der Waals surface area contributed by atoms with Crippen LogP contribution in [0, 0.1) is 17.7 Å². The van der Waals surface area contributed by atoms with Crippen molar-refractivity contribution in [3.63, 3.8) is 0 Å². The van der Waals surface area contributed by atoms with Crippen molar-refractivity contribution < 1.29 is 9.50 Å². The first-order valence-electron chi connectivity index (χ1n) is 5.95. The fourth-order valence-electron chi connectivity index (χ4n) is 2.63. The highest BCUT2D eigenvalue weighted by Crippen LogP contribution is 2.36. The van der Waals surface area contributed by atoms with Gasteiger partial charge in [0.15, 0.2) is 0 Å². The van der Waals surface area contributed by atoms with Crippen molar-refractivity contribution in [2.45, 2.75) is 38.7 Å². The number of hydrogen-bond donors (Lipinski definition) is 1. The highest BCUT2D eigenvalue weighted by molar-refractivity contribution is 5.14. The molecule has 1 N–H and O–H groups in total. The number of hydrogen-bond acceptors (Lipinski definition) is 2. The van der Waals surface area contributed by atoms with Crippen molar-refractivity contribution in [1.29, 1.82) is 0 Å². The monoisotopic (exact) mass is 223 g/mol. The molecule has 0 aliphatic heterocycles. The Morgan fingerprint density at radius 3 is 2.94 bits per heavy atom. The molecule has 1 aliphatic carbocycles. The lowest BCUT2D eigenvalue weighted by molar-refractivity contribution is 0.0709. The number of nitrogens with zero attached hydrogens (tertiary/aromatic N) is 1. The van der Waals surface area contributed by atoms with Crippen LogP contribution in [0.15, 0.2) is 18.5 Å². The zero-order chi connectivity index (χ0) is 11.5. The van der Waals surface area contributed by atoms with Crippen molar-refractivity contribution in [3.05, 3.63) is 29.8 Å². The van der Waals surface area contributed by atoms with Crippen LogP contribution in [-0.4, -0.2) is 10.1 Å². The zero-order valence-electron chi connectivity index (χ0n) is 9.56. The maximum absolute atomic E-state index is 13.0. The van der Waals surface area contributed by atoms with Gasteiger partial charge in [-0.25, -0.2) is 4.39 Å². The van der Waals surface area contributed by atoms with Gasteiger partial charge in [0.1, 0.15) is 5.82 Å². The molecule has 2 nitrogen and oxygen atoms in total. The van der Waals surface area contributed by atoms with Gasteiger partial charge in [0.25, 0.3) is 0 Å². The minimum Gasteiger partial charge on any atom is -0.388 e. The number of rotatable bonds is 2. The van der Waals surface area contributed by atoms with E-state index >= 15 is 0 Å². The van der Waals surface area contributed by atoms with E-state index < -0.39 is 6.10 Å². The number of pyridine rings is 1. The lowest BCUT2D eigenvalue weighted by Crippen LogP contribution is -2.20. The quantitative estimate of drug-likeness (QED) is 0.835. The third-order valence-corrected chi connectivity index (χ3v) is 3.49. The van der Waals surface area contributed by atoms with Crippen LogP contribution in [0.3, 0.4) is 0 Å². The molecule has 1 aromatic heterocycles. The SMILES string of the molecule is CC1CCCC(C(O)c2cncc(F)c2)C1. The summed E-state index contributed by atoms with van der Waals surface area (Å²) >= 11 is 0. The van der Waals surface area contributed by atoms with E-state index in [-0.39, 0.29) is 11.7 Å². The van der Waals surface area contributed by atoms with Crippen LogP contribution in [0.5, 0.6) is 0 Å². The van der Waals surface area contributed by atoms with E-state index in [1.54, 1.807) is 6.20 Å². The van der Waals surface area contributed by atoms with E-state index in [0.717, 1.165) is 19.3 Å². The van der Waals surface area contributed by atoms with Crippen LogP contribution in [-0.2, 0) is 0 Å². The standard InChI is InChI=1S/C13H18FNO/c1-9-3-2-4-10(5-9)13(16)11-6-12(14)8-15-7-11/h6-10,13,16H,2-5H2,1H3. The molecule has 1 aliphatic rings. The van der Waals surface area contributed by atoms with Crippen LogP contribution < -0.4 is 0 Å². The summed E-state index contributed by atoms with van der Waals surface area (Å²) in [5.74, 6) is 0.544. The second-order valence-electron chi connectivity index (χ2n) is 4.91. The van der Waals surface area contributed by atoms with Crippen LogP contribution in [0.1, 0.15) is 44.3 Å². The third kappa shape index (κ3) is 2.59. The summed E-state index contributed by atoms with van der Waals surface area (Å²) in [6, 6.07) is 1.39. The lowest BCUT2D eigenvalue weighted by Gasteiger charge is -2.30. The van der Waals surface area contributed by atoms with Gasteiger partial charge in [-0.2, -0.15) is 0 Å². The van der Waals surface area contributed by atoms with Gasteiger partial charge in [-0.3, -0.25) is 4.98 Å². The fourth-order valence-corrected chi connectivity index (χ4v) is 2.63. The van der Waals surface area contributed by atoms with Gasteiger partial charge in [0, 0.05) is 11.8 Å². The van der Waals surface area contributed by atoms with E-state index in [9.17, 15) is 9.50 Å². The summed E-state index contributed by atoms with van der Waals surface area (Å²) in [5.41, 5.74) is 0.610. The van der Waals surface area contributed by atoms with Gasteiger partial charge in [-0.05, 0) is 30.7 Å². The van der Waals surface area contributed by atoms with E-state index in [2.05, 4.69) is 11.9 Å². The van der Waals surface area contributed by atoms with Gasteiger partial charge in [-0.15, -0.1) is 0 Å². The van der Waals surface area contributed by atoms with Crippen molar-refractivity contribution in [2.24, 2.45) is 11.8 Å². The summed E-state index contributed by atoms with van der Waals surface area (Å²) in [6.07, 6.45) is 6.62. The van der Waals surface area contributed by atoms with Crippen molar-refractivity contribution in [3.8, 4) is 0 Å². The van der Waals surface area contributed by atoms with Crippen molar-refractivity contribution >= 4 is 0 Å². The second-order valence-corrected chi connectivity index (χ2v) is 4.91. The molecule has 1 aromatic rings. The Kier molecular flexibility index (Phi) is 3.54. The smallest absolute Gasteiger partial charge is 0.141 e. The summed E-state index contributed by atoms with van der Waals surface area (Å²) in [6.45, 7) is 2.21. The normalized spacial score (nSPS) is 27.7. The number of aliphatic hydroxyl groups is 1. The van der Waals surface area contributed by atoms with E-state index in [4.69, 9.17) is 0 Å². The highest BCUT2D eigenvalue weighted by Gasteiger charge is 2.26. The van der Waals surface area contributed by atoms with Crippen LogP contribution in [0.4, 0.5) is 4.39 Å². The van der Waals surface area contributed by atoms with E-state index in [0.29, 0.717) is 11.5 Å². The molecule has 3 heteroatoms. The zero-order valence-corrected chi connectivity index (χ0v) is 9.56. The minimum absolute atomic E-state index is 0.257. The maximum Gasteiger partial charge on any atom is 0.141 e. The Balaban J connectivity index is 2.09. The minimum atomic E-state index is -0.564. The Hall–Kier alpha value is -0.960. The van der Waals surface area contributed by atoms with Crippen LogP contribution in [0.25, 0.3) is 0 Å². The molecule has 0 aromatic carbocycles. The number of halogens is 1. The number of aliphatic hydroxyl groups excluding tert-OH is 1. The molecule has 0 saturated heterocycles. The lowest BCUT2D eigenvalue weighted by atomic mass is 9.78. The maximum atomic E-state index is 13.0. The molecule has 88 valence electrons. The average Bonchev–Trinajstić information content (AvgIpc) is 2.28. The van der Waals surface area contributed by atoms with Crippen LogP contribution in [0.2, 0.25) is 0 Å². The first kappa shape index (κ1) is 11.5. The van der Waals surface area contributed by atoms with E-state index in [1.165, 1.54) is 18.7 Å². The predicted octanol–water partition coefficient (Wildman–Crippen LogP) is 3.08. The van der Waals surface area contributed by atoms with Crippen LogP contribution >= 0.6 is 0 Å². The molecule has 2 rings (SSSR count). The van der Waals surface area contributed by atoms with Gasteiger partial charge >= 0.3 is 0 Å². The molecule has 0 amide bonds. The molecular weight excluding hydrogens is 205 g/mol. The third-order valence-electron chi connectivity index (χ3n) is 3.49. The largest absolute Gasteiger partial charge is 0.388 e. The molecule has 16 heavy (non-hydrogen) atoms. The average molecular weight is 223 g/mol. The Morgan fingerprint density at radius 2 is 2.25 bits per heavy atom. The van der Waals surface area contributed by atoms with Crippen molar-refractivity contribution in [1.82, 2.24) is 4.98 Å². The number of aromatic nitrogens is 1. The van der Waals surface area contributed by atoms with E-state index in [1.807, 2.05) is 0 Å². The summed E-state index contributed by atoms with van der Waals surface area (Å²) < 4.78 is 13.0. The molecular formula is C13H18FNO. The van der Waals surface area contributed by atoms with Gasteiger partial charge in [-0.1, -0.05) is 19.8 Å².